The first kappa shape index (κ1) is 8.18. The van der Waals surface area contributed by atoms with Gasteiger partial charge in [-0.1, -0.05) is 24.3 Å². The second-order valence-corrected chi connectivity index (χ2v) is 4.89. The molecular formula is C12H11NS. The average Bonchev–Trinajstić information content (AvgIpc) is 2.56. The molecule has 0 fully saturated rings. The minimum absolute atomic E-state index is 0.597. The molecule has 2 aliphatic rings. The van der Waals surface area contributed by atoms with Crippen molar-refractivity contribution >= 4 is 17.3 Å². The van der Waals surface area contributed by atoms with Gasteiger partial charge in [-0.3, -0.25) is 0 Å². The van der Waals surface area contributed by atoms with Gasteiger partial charge in [0.2, 0.25) is 0 Å². The fourth-order valence-electron chi connectivity index (χ4n) is 2.03. The second kappa shape index (κ2) is 2.92. The van der Waals surface area contributed by atoms with E-state index in [1.165, 1.54) is 16.0 Å². The Balaban J connectivity index is 2.15. The molecule has 0 radical (unpaired) electrons. The van der Waals surface area contributed by atoms with Crippen molar-refractivity contribution in [3.05, 3.63) is 47.7 Å². The number of hydrogen-bond acceptors (Lipinski definition) is 2. The molecule has 1 aliphatic carbocycles. The predicted octanol–water partition coefficient (Wildman–Crippen LogP) is 2.79. The molecule has 1 aromatic carbocycles. The minimum atomic E-state index is 0.597. The molecule has 14 heavy (non-hydrogen) atoms. The van der Waals surface area contributed by atoms with Crippen LogP contribution in [-0.4, -0.2) is 5.25 Å². The molecule has 0 aromatic heterocycles. The van der Waals surface area contributed by atoms with E-state index in [4.69, 9.17) is 5.73 Å². The molecule has 2 heteroatoms. The van der Waals surface area contributed by atoms with Gasteiger partial charge in [-0.25, -0.2) is 0 Å². The Kier molecular flexibility index (Phi) is 1.71. The third-order valence-electron chi connectivity index (χ3n) is 2.70. The Morgan fingerprint density at radius 2 is 2.14 bits per heavy atom. The number of rotatable bonds is 0. The van der Waals surface area contributed by atoms with Crippen LogP contribution < -0.4 is 5.73 Å². The van der Waals surface area contributed by atoms with Crippen molar-refractivity contribution < 1.29 is 0 Å². The summed E-state index contributed by atoms with van der Waals surface area (Å²) in [6, 6.07) is 8.57. The number of fused-ring (bicyclic) bond motifs is 3. The van der Waals surface area contributed by atoms with Crippen molar-refractivity contribution in [2.45, 2.75) is 16.6 Å². The molecule has 1 nitrogen and oxygen atoms in total. The fourth-order valence-corrected chi connectivity index (χ4v) is 3.32. The van der Waals surface area contributed by atoms with E-state index in [1.54, 1.807) is 0 Å². The van der Waals surface area contributed by atoms with Gasteiger partial charge < -0.3 is 5.73 Å². The zero-order valence-electron chi connectivity index (χ0n) is 7.73. The van der Waals surface area contributed by atoms with Gasteiger partial charge in [0.05, 0.1) is 0 Å². The van der Waals surface area contributed by atoms with E-state index in [2.05, 4.69) is 36.4 Å². The van der Waals surface area contributed by atoms with Crippen LogP contribution in [0.1, 0.15) is 12.0 Å². The molecule has 70 valence electrons. The average molecular weight is 201 g/mol. The highest BCUT2D eigenvalue weighted by molar-refractivity contribution is 8.00. The SMILES string of the molecule is NC1=CCC2Sc3ccccc3C2=C1. The molecule has 1 aliphatic heterocycles. The summed E-state index contributed by atoms with van der Waals surface area (Å²) in [7, 11) is 0. The summed E-state index contributed by atoms with van der Waals surface area (Å²) in [4.78, 5) is 1.40. The molecule has 0 bridgehead atoms. The summed E-state index contributed by atoms with van der Waals surface area (Å²) in [5, 5.41) is 0.597. The first-order valence-electron chi connectivity index (χ1n) is 4.78. The highest BCUT2D eigenvalue weighted by Crippen LogP contribution is 2.47. The Morgan fingerprint density at radius 1 is 1.29 bits per heavy atom. The van der Waals surface area contributed by atoms with Crippen LogP contribution in [0.15, 0.2) is 47.0 Å². The number of thioether (sulfide) groups is 1. The Hall–Kier alpha value is -1.15. The van der Waals surface area contributed by atoms with Gasteiger partial charge in [0, 0.05) is 15.8 Å². The second-order valence-electron chi connectivity index (χ2n) is 3.64. The van der Waals surface area contributed by atoms with E-state index in [9.17, 15) is 0 Å². The van der Waals surface area contributed by atoms with Crippen molar-refractivity contribution in [1.82, 2.24) is 0 Å². The van der Waals surface area contributed by atoms with Crippen LogP contribution in [0, 0.1) is 0 Å². The van der Waals surface area contributed by atoms with Gasteiger partial charge in [0.15, 0.2) is 0 Å². The molecule has 1 heterocycles. The van der Waals surface area contributed by atoms with E-state index in [0.29, 0.717) is 5.25 Å². The zero-order valence-corrected chi connectivity index (χ0v) is 8.55. The van der Waals surface area contributed by atoms with Gasteiger partial charge in [0.1, 0.15) is 0 Å². The minimum Gasteiger partial charge on any atom is -0.399 e. The first-order chi connectivity index (χ1) is 6.84. The Morgan fingerprint density at radius 3 is 3.07 bits per heavy atom. The van der Waals surface area contributed by atoms with Crippen LogP contribution in [0.3, 0.4) is 0 Å². The van der Waals surface area contributed by atoms with E-state index in [1.807, 2.05) is 11.8 Å². The molecule has 0 saturated heterocycles. The maximum absolute atomic E-state index is 5.82. The standard InChI is InChI=1S/C12H11NS/c13-8-5-6-12-10(7-8)9-3-1-2-4-11(9)14-12/h1-5,7,12H,6,13H2. The van der Waals surface area contributed by atoms with Gasteiger partial charge in [-0.2, -0.15) is 0 Å². The molecule has 0 spiro atoms. The summed E-state index contributed by atoms with van der Waals surface area (Å²) >= 11 is 1.95. The summed E-state index contributed by atoms with van der Waals surface area (Å²) in [6.45, 7) is 0. The summed E-state index contributed by atoms with van der Waals surface area (Å²) in [5.74, 6) is 0. The molecular weight excluding hydrogens is 190 g/mol. The van der Waals surface area contributed by atoms with Crippen LogP contribution in [0.2, 0.25) is 0 Å². The molecule has 0 saturated carbocycles. The monoisotopic (exact) mass is 201 g/mol. The number of nitrogens with two attached hydrogens (primary N) is 1. The molecule has 0 amide bonds. The summed E-state index contributed by atoms with van der Waals surface area (Å²) in [6.07, 6.45) is 5.30. The fraction of sp³-hybridized carbons (Fsp3) is 0.167. The summed E-state index contributed by atoms with van der Waals surface area (Å²) < 4.78 is 0. The van der Waals surface area contributed by atoms with Crippen LogP contribution in [0.5, 0.6) is 0 Å². The van der Waals surface area contributed by atoms with Crippen LogP contribution in [-0.2, 0) is 0 Å². The van der Waals surface area contributed by atoms with E-state index in [0.717, 1.165) is 12.1 Å². The molecule has 1 atom stereocenters. The number of hydrogen-bond donors (Lipinski definition) is 1. The maximum atomic E-state index is 5.82. The van der Waals surface area contributed by atoms with Crippen molar-refractivity contribution in [1.29, 1.82) is 0 Å². The normalized spacial score (nSPS) is 23.6. The topological polar surface area (TPSA) is 26.0 Å². The van der Waals surface area contributed by atoms with Crippen molar-refractivity contribution in [3.8, 4) is 0 Å². The van der Waals surface area contributed by atoms with E-state index in [-0.39, 0.29) is 0 Å². The highest BCUT2D eigenvalue weighted by Gasteiger charge is 2.28. The molecule has 1 aromatic rings. The predicted molar refractivity (Wildman–Crippen MR) is 61.0 cm³/mol. The first-order valence-corrected chi connectivity index (χ1v) is 5.66. The largest absolute Gasteiger partial charge is 0.399 e. The lowest BCUT2D eigenvalue weighted by molar-refractivity contribution is 1.06. The highest BCUT2D eigenvalue weighted by atomic mass is 32.2. The third-order valence-corrected chi connectivity index (χ3v) is 4.04. The van der Waals surface area contributed by atoms with Gasteiger partial charge in [-0.05, 0) is 29.7 Å². The lowest BCUT2D eigenvalue weighted by atomic mass is 9.96. The molecule has 2 N–H and O–H groups in total. The maximum Gasteiger partial charge on any atom is 0.0387 e. The number of benzene rings is 1. The van der Waals surface area contributed by atoms with Crippen LogP contribution in [0.4, 0.5) is 0 Å². The van der Waals surface area contributed by atoms with Crippen molar-refractivity contribution in [2.24, 2.45) is 5.73 Å². The summed E-state index contributed by atoms with van der Waals surface area (Å²) in [5.41, 5.74) is 9.52. The Labute approximate surface area is 87.7 Å². The van der Waals surface area contributed by atoms with Gasteiger partial charge >= 0.3 is 0 Å². The van der Waals surface area contributed by atoms with Crippen LogP contribution >= 0.6 is 11.8 Å². The lowest BCUT2D eigenvalue weighted by Gasteiger charge is -2.14. The molecule has 3 rings (SSSR count). The lowest BCUT2D eigenvalue weighted by Crippen LogP contribution is -2.07. The zero-order chi connectivity index (χ0) is 9.54. The van der Waals surface area contributed by atoms with Crippen molar-refractivity contribution in [2.75, 3.05) is 0 Å². The van der Waals surface area contributed by atoms with E-state index < -0.39 is 0 Å². The van der Waals surface area contributed by atoms with Crippen LogP contribution in [0.25, 0.3) is 5.57 Å². The number of allylic oxidation sites excluding steroid dienone is 2. The smallest absolute Gasteiger partial charge is 0.0387 e. The third kappa shape index (κ3) is 1.11. The molecule has 1 unspecified atom stereocenters. The quantitative estimate of drug-likeness (QED) is 0.698. The Bertz CT molecular complexity index is 445. The van der Waals surface area contributed by atoms with Gasteiger partial charge in [-0.15, -0.1) is 11.8 Å². The van der Waals surface area contributed by atoms with Crippen molar-refractivity contribution in [3.63, 3.8) is 0 Å². The van der Waals surface area contributed by atoms with E-state index >= 15 is 0 Å². The van der Waals surface area contributed by atoms with Gasteiger partial charge in [0.25, 0.3) is 0 Å².